The van der Waals surface area contributed by atoms with Crippen molar-refractivity contribution in [1.82, 2.24) is 5.32 Å². The predicted molar refractivity (Wildman–Crippen MR) is 299 cm³/mol. The summed E-state index contributed by atoms with van der Waals surface area (Å²) in [7, 11) is 0. The molecule has 0 radical (unpaired) electrons. The van der Waals surface area contributed by atoms with E-state index in [2.05, 4.69) is 129 Å². The topological polar surface area (TPSA) is 69.6 Å². The van der Waals surface area contributed by atoms with Gasteiger partial charge in [0.2, 0.25) is 5.91 Å². The Balaban J connectivity index is 3.61. The Morgan fingerprint density at radius 1 is 0.373 bits per heavy atom. The first-order valence-electron chi connectivity index (χ1n) is 28.6. The van der Waals surface area contributed by atoms with Gasteiger partial charge >= 0.3 is 0 Å². The van der Waals surface area contributed by atoms with Gasteiger partial charge in [0.15, 0.2) is 0 Å². The van der Waals surface area contributed by atoms with Gasteiger partial charge in [0.05, 0.1) is 18.8 Å². The van der Waals surface area contributed by atoms with Crippen LogP contribution in [0.25, 0.3) is 0 Å². The molecule has 0 saturated heterocycles. The van der Waals surface area contributed by atoms with Crippen molar-refractivity contribution >= 4 is 5.91 Å². The molecule has 0 fully saturated rings. The lowest BCUT2D eigenvalue weighted by atomic mass is 10.0. The zero-order valence-electron chi connectivity index (χ0n) is 44.1. The van der Waals surface area contributed by atoms with Gasteiger partial charge in [-0.2, -0.15) is 0 Å². The molecule has 0 aliphatic rings. The number of allylic oxidation sites excluding steroid dienone is 18. The number of rotatable bonds is 51. The summed E-state index contributed by atoms with van der Waals surface area (Å²) in [6.07, 6.45) is 86.4. The molecule has 0 aromatic carbocycles. The first kappa shape index (κ1) is 64.0. The molecule has 0 aromatic heterocycles. The third kappa shape index (κ3) is 53.9. The van der Waals surface area contributed by atoms with Crippen molar-refractivity contribution in [1.29, 1.82) is 0 Å². The van der Waals surface area contributed by atoms with Gasteiger partial charge in [-0.05, 0) is 83.5 Å². The highest BCUT2D eigenvalue weighted by atomic mass is 16.3. The van der Waals surface area contributed by atoms with Crippen LogP contribution in [0, 0.1) is 0 Å². The molecule has 0 saturated carbocycles. The molecule has 4 heteroatoms. The van der Waals surface area contributed by atoms with Gasteiger partial charge in [-0.1, -0.05) is 284 Å². The largest absolute Gasteiger partial charge is 0.394 e. The number of carbonyl (C=O) groups excluding carboxylic acids is 1. The number of hydrogen-bond acceptors (Lipinski definition) is 3. The van der Waals surface area contributed by atoms with Crippen LogP contribution >= 0.6 is 0 Å². The number of nitrogens with one attached hydrogen (secondary N) is 1. The first-order valence-corrected chi connectivity index (χ1v) is 28.6. The second-order valence-electron chi connectivity index (χ2n) is 19.0. The molecule has 67 heavy (non-hydrogen) atoms. The second kappa shape index (κ2) is 57.4. The lowest BCUT2D eigenvalue weighted by Gasteiger charge is -2.22. The van der Waals surface area contributed by atoms with Crippen LogP contribution in [0.15, 0.2) is 109 Å². The number of hydrogen-bond donors (Lipinski definition) is 3. The van der Waals surface area contributed by atoms with Gasteiger partial charge in [-0.15, -0.1) is 0 Å². The molecule has 0 aliphatic heterocycles. The van der Waals surface area contributed by atoms with Gasteiger partial charge in [0.25, 0.3) is 0 Å². The summed E-state index contributed by atoms with van der Waals surface area (Å²) >= 11 is 0. The predicted octanol–water partition coefficient (Wildman–Crippen LogP) is 19.1. The summed E-state index contributed by atoms with van der Waals surface area (Å²) in [5.41, 5.74) is 0. The Kier molecular flexibility index (Phi) is 54.8. The van der Waals surface area contributed by atoms with Crippen LogP contribution in [0.4, 0.5) is 0 Å². The summed E-state index contributed by atoms with van der Waals surface area (Å²) in [5, 5.41) is 23.3. The Labute approximate surface area is 416 Å². The molecular formula is C63H109NO3. The van der Waals surface area contributed by atoms with Crippen LogP contribution in [-0.4, -0.2) is 34.9 Å². The van der Waals surface area contributed by atoms with E-state index in [1.807, 2.05) is 0 Å². The SMILES string of the molecule is CC/C=C\C/C=C\C/C=C\C/C=C\C/C=C\C/C=C\C/C=C\C/C=C\C/C=C\CCCCCCCC(=O)NC(CO)C(O)CCCCCCCCCCCCCCCCCCCCCCCC. The summed E-state index contributed by atoms with van der Waals surface area (Å²) in [4.78, 5) is 12.5. The average molecular weight is 929 g/mol. The summed E-state index contributed by atoms with van der Waals surface area (Å²) in [6, 6.07) is -0.556. The molecule has 3 N–H and O–H groups in total. The molecule has 2 atom stereocenters. The van der Waals surface area contributed by atoms with Crippen molar-refractivity contribution in [3.8, 4) is 0 Å². The van der Waals surface area contributed by atoms with Crippen LogP contribution in [0.3, 0.4) is 0 Å². The van der Waals surface area contributed by atoms with Crippen LogP contribution in [0.5, 0.6) is 0 Å². The van der Waals surface area contributed by atoms with E-state index in [0.717, 1.165) is 96.3 Å². The maximum Gasteiger partial charge on any atom is 0.220 e. The molecule has 0 rings (SSSR count). The van der Waals surface area contributed by atoms with E-state index in [1.54, 1.807) is 0 Å². The van der Waals surface area contributed by atoms with E-state index in [9.17, 15) is 15.0 Å². The van der Waals surface area contributed by atoms with Crippen LogP contribution in [0.1, 0.15) is 264 Å². The van der Waals surface area contributed by atoms with E-state index < -0.39 is 12.1 Å². The van der Waals surface area contributed by atoms with Crippen molar-refractivity contribution in [3.63, 3.8) is 0 Å². The number of amides is 1. The minimum atomic E-state index is -0.677. The highest BCUT2D eigenvalue weighted by molar-refractivity contribution is 5.76. The third-order valence-electron chi connectivity index (χ3n) is 12.5. The Bertz CT molecular complexity index is 1280. The normalized spacial score (nSPS) is 13.7. The van der Waals surface area contributed by atoms with Crippen molar-refractivity contribution < 1.29 is 15.0 Å². The van der Waals surface area contributed by atoms with E-state index in [1.165, 1.54) is 141 Å². The molecule has 0 heterocycles. The van der Waals surface area contributed by atoms with Crippen LogP contribution in [-0.2, 0) is 4.79 Å². The van der Waals surface area contributed by atoms with Crippen LogP contribution < -0.4 is 5.32 Å². The van der Waals surface area contributed by atoms with Crippen molar-refractivity contribution in [2.75, 3.05) is 6.61 Å². The quantitative estimate of drug-likeness (QED) is 0.0420. The molecule has 4 nitrogen and oxygen atoms in total. The Morgan fingerprint density at radius 2 is 0.657 bits per heavy atom. The number of aliphatic hydroxyl groups is 2. The fourth-order valence-electron chi connectivity index (χ4n) is 8.24. The lowest BCUT2D eigenvalue weighted by molar-refractivity contribution is -0.123. The second-order valence-corrected chi connectivity index (χ2v) is 19.0. The maximum absolute atomic E-state index is 12.5. The van der Waals surface area contributed by atoms with Crippen molar-refractivity contribution in [2.45, 2.75) is 276 Å². The number of carbonyl (C=O) groups is 1. The molecule has 0 aliphatic carbocycles. The molecule has 0 bridgehead atoms. The number of aliphatic hydroxyl groups excluding tert-OH is 2. The molecular weight excluding hydrogens is 819 g/mol. The van der Waals surface area contributed by atoms with Gasteiger partial charge in [-0.3, -0.25) is 4.79 Å². The van der Waals surface area contributed by atoms with E-state index in [-0.39, 0.29) is 12.5 Å². The van der Waals surface area contributed by atoms with Gasteiger partial charge in [0, 0.05) is 6.42 Å². The van der Waals surface area contributed by atoms with Crippen LogP contribution in [0.2, 0.25) is 0 Å². The standard InChI is InChI=1S/C63H109NO3/c1-3-5-7-9-11-13-15-17-19-21-23-25-27-28-29-30-31-32-33-34-35-36-37-39-41-43-45-47-49-51-53-55-57-59-63(67)64-61(60-65)62(66)58-56-54-52-50-48-46-44-42-40-38-26-24-22-20-18-16-14-12-10-8-6-4-2/h5,7,11,13,17,19,23,25,28-29,31-32,34-35,37,39,43,45,61-62,65-66H,3-4,6,8-10,12,14-16,18,20-22,24,26-27,30,33,36,38,40-42,44,46-60H2,1-2H3,(H,64,67)/b7-5-,13-11-,19-17-,25-23-,29-28-,32-31-,35-34-,39-37-,45-43-. The average Bonchev–Trinajstić information content (AvgIpc) is 3.33. The minimum absolute atomic E-state index is 0.0523. The highest BCUT2D eigenvalue weighted by Gasteiger charge is 2.20. The van der Waals surface area contributed by atoms with E-state index in [0.29, 0.717) is 12.8 Å². The Hall–Kier alpha value is -2.95. The zero-order valence-corrected chi connectivity index (χ0v) is 44.1. The molecule has 1 amide bonds. The zero-order chi connectivity index (χ0) is 48.5. The smallest absolute Gasteiger partial charge is 0.220 e. The summed E-state index contributed by atoms with van der Waals surface area (Å²) < 4.78 is 0. The van der Waals surface area contributed by atoms with Crippen molar-refractivity contribution in [3.05, 3.63) is 109 Å². The van der Waals surface area contributed by atoms with E-state index >= 15 is 0 Å². The number of unbranched alkanes of at least 4 members (excludes halogenated alkanes) is 26. The Morgan fingerprint density at radius 3 is 0.985 bits per heavy atom. The summed E-state index contributed by atoms with van der Waals surface area (Å²) in [5.74, 6) is -0.0523. The highest BCUT2D eigenvalue weighted by Crippen LogP contribution is 2.17. The van der Waals surface area contributed by atoms with Crippen molar-refractivity contribution in [2.24, 2.45) is 0 Å². The molecule has 2 unspecified atom stereocenters. The maximum atomic E-state index is 12.5. The fourth-order valence-corrected chi connectivity index (χ4v) is 8.24. The molecule has 0 aromatic rings. The molecule has 384 valence electrons. The van der Waals surface area contributed by atoms with Gasteiger partial charge in [-0.25, -0.2) is 0 Å². The lowest BCUT2D eigenvalue weighted by Crippen LogP contribution is -2.45. The first-order chi connectivity index (χ1) is 33.2. The minimum Gasteiger partial charge on any atom is -0.394 e. The van der Waals surface area contributed by atoms with Gasteiger partial charge in [0.1, 0.15) is 0 Å². The fraction of sp³-hybridized carbons (Fsp3) is 0.698. The third-order valence-corrected chi connectivity index (χ3v) is 12.5. The van der Waals surface area contributed by atoms with E-state index in [4.69, 9.17) is 0 Å². The monoisotopic (exact) mass is 928 g/mol. The summed E-state index contributed by atoms with van der Waals surface area (Å²) in [6.45, 7) is 4.25. The van der Waals surface area contributed by atoms with Gasteiger partial charge < -0.3 is 15.5 Å². The molecule has 0 spiro atoms.